The van der Waals surface area contributed by atoms with E-state index in [1.807, 2.05) is 0 Å². The molecule has 0 saturated heterocycles. The van der Waals surface area contributed by atoms with Gasteiger partial charge in [-0.3, -0.25) is 0 Å². The van der Waals surface area contributed by atoms with Crippen molar-refractivity contribution >= 4 is 15.9 Å². The molecule has 0 bridgehead atoms. The van der Waals surface area contributed by atoms with Crippen molar-refractivity contribution < 1.29 is 14.2 Å². The Morgan fingerprint density at radius 1 is 1.47 bits per heavy atom. The predicted octanol–water partition coefficient (Wildman–Crippen LogP) is 2.72. The van der Waals surface area contributed by atoms with Crippen molar-refractivity contribution in [2.24, 2.45) is 7.05 Å². The molecule has 1 aromatic carbocycles. The quantitative estimate of drug-likeness (QED) is 0.942. The van der Waals surface area contributed by atoms with Crippen LogP contribution >= 0.6 is 15.9 Å². The monoisotopic (exact) mass is 328 g/mol. The fraction of sp³-hybridized carbons (Fsp3) is 0.308. The average Bonchev–Trinajstić information content (AvgIpc) is 2.66. The molecule has 0 fully saturated rings. The molecule has 0 amide bonds. The third kappa shape index (κ3) is 2.37. The zero-order valence-corrected chi connectivity index (χ0v) is 12.4. The topological polar surface area (TPSA) is 47.3 Å². The van der Waals surface area contributed by atoms with Gasteiger partial charge in [-0.2, -0.15) is 5.10 Å². The summed E-state index contributed by atoms with van der Waals surface area (Å²) in [5, 5.41) is 14.6. The molecule has 1 aromatic heterocycles. The molecule has 1 N–H and O–H groups in total. The van der Waals surface area contributed by atoms with Crippen LogP contribution in [0.3, 0.4) is 0 Å². The molecule has 1 atom stereocenters. The number of hydrogen-bond donors (Lipinski definition) is 1. The molecular formula is C13H14BrFN2O2. The summed E-state index contributed by atoms with van der Waals surface area (Å²) in [5.41, 5.74) is 1.26. The molecule has 19 heavy (non-hydrogen) atoms. The van der Waals surface area contributed by atoms with Crippen molar-refractivity contribution in [3.63, 3.8) is 0 Å². The minimum absolute atomic E-state index is 0.184. The van der Waals surface area contributed by atoms with Crippen LogP contribution in [0.25, 0.3) is 0 Å². The summed E-state index contributed by atoms with van der Waals surface area (Å²) in [6, 6.07) is 4.79. The lowest BCUT2D eigenvalue weighted by Gasteiger charge is -2.14. The van der Waals surface area contributed by atoms with Crippen LogP contribution in [-0.4, -0.2) is 22.0 Å². The van der Waals surface area contributed by atoms with Crippen LogP contribution in [0.1, 0.15) is 22.9 Å². The van der Waals surface area contributed by atoms with Crippen molar-refractivity contribution in [2.75, 3.05) is 7.11 Å². The third-order valence-corrected chi connectivity index (χ3v) is 3.57. The van der Waals surface area contributed by atoms with Crippen molar-refractivity contribution in [1.82, 2.24) is 9.78 Å². The highest BCUT2D eigenvalue weighted by molar-refractivity contribution is 9.10. The van der Waals surface area contributed by atoms with Crippen molar-refractivity contribution in [1.29, 1.82) is 0 Å². The maximum Gasteiger partial charge on any atom is 0.217 e. The number of benzene rings is 1. The van der Waals surface area contributed by atoms with E-state index in [1.54, 1.807) is 26.1 Å². The van der Waals surface area contributed by atoms with Gasteiger partial charge in [0.25, 0.3) is 0 Å². The van der Waals surface area contributed by atoms with Crippen molar-refractivity contribution in [3.8, 4) is 5.88 Å². The SMILES string of the molecule is COc1c(C(O)c2cccc(Br)c2F)c(C)nn1C. The molecule has 0 aliphatic carbocycles. The third-order valence-electron chi connectivity index (χ3n) is 2.96. The minimum atomic E-state index is -1.12. The van der Waals surface area contributed by atoms with Crippen molar-refractivity contribution in [2.45, 2.75) is 13.0 Å². The number of nitrogens with zero attached hydrogens (tertiary/aromatic N) is 2. The van der Waals surface area contributed by atoms with Gasteiger partial charge in [0.05, 0.1) is 22.8 Å². The predicted molar refractivity (Wildman–Crippen MR) is 72.7 cm³/mol. The van der Waals surface area contributed by atoms with E-state index in [1.165, 1.54) is 17.9 Å². The number of aromatic nitrogens is 2. The maximum absolute atomic E-state index is 14.0. The van der Waals surface area contributed by atoms with Gasteiger partial charge in [-0.05, 0) is 28.9 Å². The molecule has 0 aliphatic heterocycles. The molecule has 4 nitrogen and oxygen atoms in total. The normalized spacial score (nSPS) is 12.5. The van der Waals surface area contributed by atoms with Gasteiger partial charge in [-0.15, -0.1) is 0 Å². The molecule has 0 radical (unpaired) electrons. The fourth-order valence-corrected chi connectivity index (χ4v) is 2.48. The van der Waals surface area contributed by atoms with Crippen LogP contribution < -0.4 is 4.74 Å². The van der Waals surface area contributed by atoms with Gasteiger partial charge in [0, 0.05) is 12.6 Å². The first-order valence-electron chi connectivity index (χ1n) is 5.66. The zero-order valence-electron chi connectivity index (χ0n) is 10.8. The first-order chi connectivity index (χ1) is 8.97. The lowest BCUT2D eigenvalue weighted by atomic mass is 10.0. The van der Waals surface area contributed by atoms with E-state index in [-0.39, 0.29) is 5.56 Å². The summed E-state index contributed by atoms with van der Waals surface area (Å²) < 4.78 is 21.1. The summed E-state index contributed by atoms with van der Waals surface area (Å²) in [7, 11) is 3.20. The molecular weight excluding hydrogens is 315 g/mol. The summed E-state index contributed by atoms with van der Waals surface area (Å²) in [5.74, 6) is -0.0651. The lowest BCUT2D eigenvalue weighted by Crippen LogP contribution is -2.06. The number of methoxy groups -OCH3 is 1. The first kappa shape index (κ1) is 14.0. The second-order valence-corrected chi connectivity index (χ2v) is 5.03. The van der Waals surface area contributed by atoms with Gasteiger partial charge in [0.2, 0.25) is 5.88 Å². The Morgan fingerprint density at radius 2 is 2.16 bits per heavy atom. The van der Waals surface area contributed by atoms with E-state index >= 15 is 0 Å². The fourth-order valence-electron chi connectivity index (χ4n) is 2.10. The molecule has 6 heteroatoms. The zero-order chi connectivity index (χ0) is 14.2. The highest BCUT2D eigenvalue weighted by atomic mass is 79.9. The number of hydrogen-bond acceptors (Lipinski definition) is 3. The Morgan fingerprint density at radius 3 is 2.79 bits per heavy atom. The number of aryl methyl sites for hydroxylation is 2. The minimum Gasteiger partial charge on any atom is -0.481 e. The van der Waals surface area contributed by atoms with E-state index in [4.69, 9.17) is 4.74 Å². The molecule has 2 rings (SSSR count). The van der Waals surface area contributed by atoms with Gasteiger partial charge in [-0.25, -0.2) is 9.07 Å². The Labute approximate surface area is 118 Å². The lowest BCUT2D eigenvalue weighted by molar-refractivity contribution is 0.207. The van der Waals surface area contributed by atoms with E-state index < -0.39 is 11.9 Å². The van der Waals surface area contributed by atoms with Crippen LogP contribution in [-0.2, 0) is 7.05 Å². The maximum atomic E-state index is 14.0. The Bertz CT molecular complexity index is 613. The van der Waals surface area contributed by atoms with E-state index in [9.17, 15) is 9.50 Å². The highest BCUT2D eigenvalue weighted by Gasteiger charge is 2.25. The summed E-state index contributed by atoms with van der Waals surface area (Å²) >= 11 is 3.11. The second-order valence-electron chi connectivity index (χ2n) is 4.18. The molecule has 1 heterocycles. The van der Waals surface area contributed by atoms with Gasteiger partial charge in [0.15, 0.2) is 0 Å². The summed E-state index contributed by atoms with van der Waals surface area (Å²) in [6.45, 7) is 1.75. The van der Waals surface area contributed by atoms with E-state index in [0.29, 0.717) is 21.6 Å². The largest absolute Gasteiger partial charge is 0.481 e. The summed E-state index contributed by atoms with van der Waals surface area (Å²) in [6.07, 6.45) is -1.12. The van der Waals surface area contributed by atoms with Crippen LogP contribution in [0.2, 0.25) is 0 Å². The van der Waals surface area contributed by atoms with Gasteiger partial charge in [0.1, 0.15) is 11.9 Å². The van der Waals surface area contributed by atoms with E-state index in [2.05, 4.69) is 21.0 Å². The smallest absolute Gasteiger partial charge is 0.217 e. The summed E-state index contributed by atoms with van der Waals surface area (Å²) in [4.78, 5) is 0. The Balaban J connectivity index is 2.56. The van der Waals surface area contributed by atoms with Crippen LogP contribution in [0, 0.1) is 12.7 Å². The van der Waals surface area contributed by atoms with Crippen LogP contribution in [0.15, 0.2) is 22.7 Å². The molecule has 0 spiro atoms. The molecule has 2 aromatic rings. The molecule has 0 aliphatic rings. The van der Waals surface area contributed by atoms with Gasteiger partial charge >= 0.3 is 0 Å². The Kier molecular flexibility index (Phi) is 3.91. The average molecular weight is 329 g/mol. The molecule has 102 valence electrons. The number of ether oxygens (including phenoxy) is 1. The number of aliphatic hydroxyl groups is 1. The molecule has 0 saturated carbocycles. The van der Waals surface area contributed by atoms with E-state index in [0.717, 1.165) is 0 Å². The highest BCUT2D eigenvalue weighted by Crippen LogP contribution is 2.34. The van der Waals surface area contributed by atoms with Gasteiger partial charge in [-0.1, -0.05) is 12.1 Å². The Hall–Kier alpha value is -1.40. The van der Waals surface area contributed by atoms with Crippen LogP contribution in [0.4, 0.5) is 4.39 Å². The molecule has 1 unspecified atom stereocenters. The first-order valence-corrected chi connectivity index (χ1v) is 6.46. The van der Waals surface area contributed by atoms with Crippen molar-refractivity contribution in [3.05, 3.63) is 45.3 Å². The number of halogens is 2. The number of aliphatic hydroxyl groups excluding tert-OH is 1. The van der Waals surface area contributed by atoms with Gasteiger partial charge < -0.3 is 9.84 Å². The van der Waals surface area contributed by atoms with Crippen LogP contribution in [0.5, 0.6) is 5.88 Å². The standard InChI is InChI=1S/C13H14BrFN2O2/c1-7-10(13(19-3)17(2)16-7)12(18)8-5-4-6-9(14)11(8)15/h4-6,12,18H,1-3H3. The number of rotatable bonds is 3. The second kappa shape index (κ2) is 5.30.